The summed E-state index contributed by atoms with van der Waals surface area (Å²) in [6.45, 7) is 14.1. The Morgan fingerprint density at radius 3 is 1.97 bits per heavy atom. The fourth-order valence-corrected chi connectivity index (χ4v) is 2.47. The number of hydrogen-bond acceptors (Lipinski definition) is 4. The number of nitriles is 1. The van der Waals surface area contributed by atoms with Crippen molar-refractivity contribution >= 4 is 11.8 Å². The van der Waals surface area contributed by atoms with Gasteiger partial charge >= 0.3 is 0 Å². The van der Waals surface area contributed by atoms with Gasteiger partial charge in [0.1, 0.15) is 12.4 Å². The maximum Gasteiger partial charge on any atom is 0.119 e. The fourth-order valence-electron chi connectivity index (χ4n) is 2.47. The SMILES string of the molecule is C/C(C#N)=C/c1ccc(OCc2ccc(N)cc2)cc1.CCCC(C)(C)C.CCOC. The Kier molecular flexibility index (Phi) is 14.6. The summed E-state index contributed by atoms with van der Waals surface area (Å²) in [6.07, 6.45) is 4.49. The molecule has 0 atom stereocenters. The van der Waals surface area contributed by atoms with E-state index in [1.54, 1.807) is 14.0 Å². The molecule has 0 aromatic heterocycles. The minimum atomic E-state index is 0.507. The van der Waals surface area contributed by atoms with Crippen LogP contribution in [0.5, 0.6) is 5.75 Å². The lowest BCUT2D eigenvalue weighted by atomic mass is 9.91. The van der Waals surface area contributed by atoms with Gasteiger partial charge < -0.3 is 15.2 Å². The summed E-state index contributed by atoms with van der Waals surface area (Å²) in [7, 11) is 1.68. The number of allylic oxidation sites excluding steroid dienone is 1. The fraction of sp³-hybridized carbons (Fsp3) is 0.444. The zero-order valence-electron chi connectivity index (χ0n) is 20.4. The summed E-state index contributed by atoms with van der Waals surface area (Å²) in [5, 5.41) is 8.73. The van der Waals surface area contributed by atoms with Crippen molar-refractivity contribution in [1.82, 2.24) is 0 Å². The van der Waals surface area contributed by atoms with Crippen molar-refractivity contribution in [3.05, 3.63) is 65.2 Å². The predicted molar refractivity (Wildman–Crippen MR) is 133 cm³/mol. The van der Waals surface area contributed by atoms with Crippen LogP contribution in [0.4, 0.5) is 5.69 Å². The van der Waals surface area contributed by atoms with E-state index in [1.807, 2.05) is 61.5 Å². The van der Waals surface area contributed by atoms with Crippen LogP contribution in [-0.4, -0.2) is 13.7 Å². The van der Waals surface area contributed by atoms with E-state index in [1.165, 1.54) is 12.8 Å². The second-order valence-electron chi connectivity index (χ2n) is 8.43. The van der Waals surface area contributed by atoms with Crippen LogP contribution in [0, 0.1) is 16.7 Å². The molecule has 0 saturated heterocycles. The lowest BCUT2D eigenvalue weighted by Crippen LogP contribution is -2.02. The molecular weight excluding hydrogens is 384 g/mol. The number of hydrogen-bond donors (Lipinski definition) is 1. The van der Waals surface area contributed by atoms with Crippen molar-refractivity contribution in [3.8, 4) is 11.8 Å². The first-order valence-corrected chi connectivity index (χ1v) is 10.8. The van der Waals surface area contributed by atoms with Crippen LogP contribution in [-0.2, 0) is 11.3 Å². The van der Waals surface area contributed by atoms with E-state index in [0.717, 1.165) is 29.2 Å². The molecule has 170 valence electrons. The molecule has 2 N–H and O–H groups in total. The standard InChI is InChI=1S/C17H16N2O.C7H16.C3H8O/c1-13(11-18)10-14-4-8-17(9-5-14)20-12-15-2-6-16(19)7-3-15;1-5-6-7(2,3)4;1-3-4-2/h2-10H,12,19H2,1H3;5-6H2,1-4H3;3H2,1-2H3/b13-10-;;. The Balaban J connectivity index is 0.000000681. The molecule has 0 aliphatic rings. The van der Waals surface area contributed by atoms with Crippen LogP contribution in [0.2, 0.25) is 0 Å². The molecule has 0 unspecified atom stereocenters. The van der Waals surface area contributed by atoms with E-state index in [2.05, 4.69) is 38.5 Å². The van der Waals surface area contributed by atoms with E-state index in [9.17, 15) is 0 Å². The molecule has 0 heterocycles. The zero-order valence-corrected chi connectivity index (χ0v) is 20.4. The maximum absolute atomic E-state index is 8.73. The Bertz CT molecular complexity index is 778. The molecule has 0 amide bonds. The van der Waals surface area contributed by atoms with E-state index in [4.69, 9.17) is 15.7 Å². The molecule has 0 radical (unpaired) electrons. The van der Waals surface area contributed by atoms with Gasteiger partial charge in [0.05, 0.1) is 6.07 Å². The highest BCUT2D eigenvalue weighted by atomic mass is 16.5. The molecule has 2 aromatic rings. The molecule has 0 bridgehead atoms. The molecule has 0 saturated carbocycles. The molecule has 0 spiro atoms. The number of rotatable bonds is 6. The number of benzene rings is 2. The third kappa shape index (κ3) is 15.7. The highest BCUT2D eigenvalue weighted by Crippen LogP contribution is 2.19. The number of methoxy groups -OCH3 is 1. The topological polar surface area (TPSA) is 68.3 Å². The number of anilines is 1. The summed E-state index contributed by atoms with van der Waals surface area (Å²) in [4.78, 5) is 0. The summed E-state index contributed by atoms with van der Waals surface area (Å²) >= 11 is 0. The average Bonchev–Trinajstić information content (AvgIpc) is 2.74. The minimum Gasteiger partial charge on any atom is -0.489 e. The largest absolute Gasteiger partial charge is 0.489 e. The van der Waals surface area contributed by atoms with Gasteiger partial charge in [-0.05, 0) is 67.2 Å². The van der Waals surface area contributed by atoms with Gasteiger partial charge in [0.15, 0.2) is 0 Å². The molecule has 0 fully saturated rings. The Morgan fingerprint density at radius 1 is 1.03 bits per heavy atom. The second-order valence-corrected chi connectivity index (χ2v) is 8.43. The van der Waals surface area contributed by atoms with Crippen LogP contribution in [0.3, 0.4) is 0 Å². The van der Waals surface area contributed by atoms with Gasteiger partial charge in [-0.25, -0.2) is 0 Å². The molecule has 4 nitrogen and oxygen atoms in total. The molecule has 0 aliphatic heterocycles. The van der Waals surface area contributed by atoms with Crippen molar-refractivity contribution in [3.63, 3.8) is 0 Å². The number of nitrogens with two attached hydrogens (primary N) is 1. The van der Waals surface area contributed by atoms with Crippen LogP contribution in [0.15, 0.2) is 54.1 Å². The molecule has 2 aromatic carbocycles. The molecule has 2 rings (SSSR count). The highest BCUT2D eigenvalue weighted by Gasteiger charge is 2.06. The quantitative estimate of drug-likeness (QED) is 0.391. The third-order valence-corrected chi connectivity index (χ3v) is 4.11. The smallest absolute Gasteiger partial charge is 0.119 e. The normalized spacial score (nSPS) is 10.7. The van der Waals surface area contributed by atoms with E-state index in [-0.39, 0.29) is 0 Å². The molecule has 31 heavy (non-hydrogen) atoms. The van der Waals surface area contributed by atoms with Gasteiger partial charge in [0, 0.05) is 25.0 Å². The third-order valence-electron chi connectivity index (χ3n) is 4.11. The van der Waals surface area contributed by atoms with Crippen molar-refractivity contribution in [2.45, 2.75) is 61.0 Å². The monoisotopic (exact) mass is 424 g/mol. The Hall–Kier alpha value is -2.77. The van der Waals surface area contributed by atoms with Crippen LogP contribution in [0.1, 0.15) is 65.5 Å². The summed E-state index contributed by atoms with van der Waals surface area (Å²) < 4.78 is 10.2. The predicted octanol–water partition coefficient (Wildman–Crippen LogP) is 7.26. The second kappa shape index (κ2) is 16.0. The maximum atomic E-state index is 8.73. The zero-order chi connectivity index (χ0) is 23.7. The lowest BCUT2D eigenvalue weighted by Gasteiger charge is -2.15. The summed E-state index contributed by atoms with van der Waals surface area (Å²) in [5.74, 6) is 0.800. The average molecular weight is 425 g/mol. The minimum absolute atomic E-state index is 0.507. The van der Waals surface area contributed by atoms with Crippen LogP contribution >= 0.6 is 0 Å². The molecule has 0 aliphatic carbocycles. The first-order chi connectivity index (χ1) is 14.6. The summed E-state index contributed by atoms with van der Waals surface area (Å²) in [5.41, 5.74) is 9.67. The Morgan fingerprint density at radius 2 is 1.58 bits per heavy atom. The van der Waals surface area contributed by atoms with Crippen molar-refractivity contribution in [1.29, 1.82) is 5.26 Å². The van der Waals surface area contributed by atoms with Gasteiger partial charge in [-0.1, -0.05) is 58.4 Å². The van der Waals surface area contributed by atoms with Crippen LogP contribution in [0.25, 0.3) is 6.08 Å². The van der Waals surface area contributed by atoms with Gasteiger partial charge in [0.25, 0.3) is 0 Å². The number of nitrogen functional groups attached to an aromatic ring is 1. The van der Waals surface area contributed by atoms with Gasteiger partial charge in [-0.2, -0.15) is 5.26 Å². The van der Waals surface area contributed by atoms with E-state index < -0.39 is 0 Å². The first kappa shape index (κ1) is 28.2. The van der Waals surface area contributed by atoms with Gasteiger partial charge in [-0.3, -0.25) is 0 Å². The number of ether oxygens (including phenoxy) is 2. The van der Waals surface area contributed by atoms with Gasteiger partial charge in [-0.15, -0.1) is 0 Å². The summed E-state index contributed by atoms with van der Waals surface area (Å²) in [6, 6.07) is 17.4. The van der Waals surface area contributed by atoms with E-state index in [0.29, 0.717) is 17.6 Å². The lowest BCUT2D eigenvalue weighted by molar-refractivity contribution is 0.215. The van der Waals surface area contributed by atoms with Crippen molar-refractivity contribution in [2.24, 2.45) is 5.41 Å². The first-order valence-electron chi connectivity index (χ1n) is 10.8. The molecular formula is C27H40N2O2. The Labute approximate surface area is 189 Å². The van der Waals surface area contributed by atoms with Gasteiger partial charge in [0.2, 0.25) is 0 Å². The number of nitrogens with zero attached hydrogens (tertiary/aromatic N) is 1. The van der Waals surface area contributed by atoms with E-state index >= 15 is 0 Å². The molecule has 4 heteroatoms. The van der Waals surface area contributed by atoms with Crippen molar-refractivity contribution in [2.75, 3.05) is 19.5 Å². The van der Waals surface area contributed by atoms with Crippen LogP contribution < -0.4 is 10.5 Å². The highest BCUT2D eigenvalue weighted by molar-refractivity contribution is 5.56. The van der Waals surface area contributed by atoms with Crippen molar-refractivity contribution < 1.29 is 9.47 Å².